The second kappa shape index (κ2) is 7.02. The third kappa shape index (κ3) is 3.16. The lowest BCUT2D eigenvalue weighted by Gasteiger charge is -2.51. The zero-order valence-electron chi connectivity index (χ0n) is 15.1. The van der Waals surface area contributed by atoms with Crippen molar-refractivity contribution in [1.82, 2.24) is 0 Å². The van der Waals surface area contributed by atoms with Crippen molar-refractivity contribution < 1.29 is 28.5 Å². The number of carbonyl (C=O) groups excluding carboxylic acids is 2. The molecule has 24 heavy (non-hydrogen) atoms. The van der Waals surface area contributed by atoms with Gasteiger partial charge in [-0.1, -0.05) is 29.8 Å². The average Bonchev–Trinajstić information content (AvgIpc) is 2.53. The minimum Gasteiger partial charge on any atom is -0.425 e. The van der Waals surface area contributed by atoms with E-state index in [0.29, 0.717) is 12.3 Å². The predicted octanol–water partition coefficient (Wildman–Crippen LogP) is 2.67. The molecule has 0 aromatic heterocycles. The molecule has 2 fully saturated rings. The van der Waals surface area contributed by atoms with Crippen LogP contribution in [0.5, 0.6) is 0 Å². The van der Waals surface area contributed by atoms with E-state index in [1.165, 1.54) is 14.2 Å². The predicted molar refractivity (Wildman–Crippen MR) is 90.6 cm³/mol. The molecule has 0 amide bonds. The molecule has 138 valence electrons. The largest absolute Gasteiger partial charge is 0.425 e. The summed E-state index contributed by atoms with van der Waals surface area (Å²) in [6, 6.07) is 0. The van der Waals surface area contributed by atoms with Crippen LogP contribution in [0, 0.1) is 17.8 Å². The van der Waals surface area contributed by atoms with Crippen LogP contribution in [0.15, 0.2) is 0 Å². The molecule has 1 saturated heterocycles. The summed E-state index contributed by atoms with van der Waals surface area (Å²) in [4.78, 5) is 24.5. The Labute approximate surface area is 151 Å². The molecule has 7 heteroatoms. The summed E-state index contributed by atoms with van der Waals surface area (Å²) in [5, 5.41) is 0. The van der Waals surface area contributed by atoms with Crippen LogP contribution in [0.4, 0.5) is 0 Å². The minimum atomic E-state index is -1.36. The van der Waals surface area contributed by atoms with E-state index in [1.54, 1.807) is 13.8 Å². The minimum absolute atomic E-state index is 0.0903. The van der Waals surface area contributed by atoms with E-state index in [4.69, 9.17) is 18.9 Å². The van der Waals surface area contributed by atoms with Gasteiger partial charge in [0.1, 0.15) is 5.78 Å². The van der Waals surface area contributed by atoms with Gasteiger partial charge in [0.2, 0.25) is 5.79 Å². The first-order chi connectivity index (χ1) is 11.1. The lowest BCUT2D eigenvalue weighted by molar-refractivity contribution is -0.410. The van der Waals surface area contributed by atoms with Crippen molar-refractivity contribution in [2.24, 2.45) is 17.8 Å². The second-order valence-electron chi connectivity index (χ2n) is 7.15. The number of rotatable bonds is 4. The van der Waals surface area contributed by atoms with Crippen LogP contribution in [-0.2, 0) is 28.5 Å². The fourth-order valence-electron chi connectivity index (χ4n) is 3.66. The van der Waals surface area contributed by atoms with Gasteiger partial charge in [-0.05, 0) is 25.2 Å². The molecule has 0 N–H and O–H groups in total. The van der Waals surface area contributed by atoms with Gasteiger partial charge < -0.3 is 18.9 Å². The zero-order valence-corrected chi connectivity index (χ0v) is 16.7. The van der Waals surface area contributed by atoms with Crippen molar-refractivity contribution in [3.05, 3.63) is 0 Å². The Kier molecular flexibility index (Phi) is 5.79. The molecule has 1 aliphatic carbocycles. The monoisotopic (exact) mass is 406 g/mol. The highest BCUT2D eigenvalue weighted by molar-refractivity contribution is 9.10. The number of methoxy groups -OCH3 is 2. The van der Waals surface area contributed by atoms with Crippen molar-refractivity contribution in [3.63, 3.8) is 0 Å². The van der Waals surface area contributed by atoms with Gasteiger partial charge in [0.05, 0.1) is 4.83 Å². The molecule has 0 aromatic carbocycles. The van der Waals surface area contributed by atoms with E-state index in [2.05, 4.69) is 29.8 Å². The van der Waals surface area contributed by atoms with Gasteiger partial charge in [0.25, 0.3) is 5.79 Å². The molecule has 6 nitrogen and oxygen atoms in total. The van der Waals surface area contributed by atoms with Gasteiger partial charge in [0.15, 0.2) is 6.10 Å². The molecule has 0 unspecified atom stereocenters. The van der Waals surface area contributed by atoms with E-state index in [9.17, 15) is 9.59 Å². The summed E-state index contributed by atoms with van der Waals surface area (Å²) in [7, 11) is 2.91. The third-order valence-electron chi connectivity index (χ3n) is 5.55. The van der Waals surface area contributed by atoms with Crippen molar-refractivity contribution >= 4 is 27.7 Å². The fraction of sp³-hybridized carbons (Fsp3) is 0.882. The number of halogens is 1. The number of esters is 1. The smallest absolute Gasteiger partial charge is 0.338 e. The molecule has 0 spiro atoms. The molecule has 0 radical (unpaired) electrons. The second-order valence-corrected chi connectivity index (χ2v) is 8.14. The normalized spacial score (nSPS) is 43.8. The highest BCUT2D eigenvalue weighted by Crippen LogP contribution is 2.45. The molecule has 1 aliphatic heterocycles. The maximum absolute atomic E-state index is 12.7. The zero-order chi connectivity index (χ0) is 18.3. The summed E-state index contributed by atoms with van der Waals surface area (Å²) in [5.41, 5.74) is 0. The van der Waals surface area contributed by atoms with Crippen molar-refractivity contribution in [1.29, 1.82) is 0 Å². The molecule has 2 rings (SSSR count). The van der Waals surface area contributed by atoms with Crippen LogP contribution in [0.25, 0.3) is 0 Å². The quantitative estimate of drug-likeness (QED) is 0.527. The van der Waals surface area contributed by atoms with Gasteiger partial charge in [-0.3, -0.25) is 4.79 Å². The van der Waals surface area contributed by atoms with Gasteiger partial charge in [-0.15, -0.1) is 0 Å². The number of Topliss-reactive ketones (excluding diaryl/α,β-unsaturated/α-hetero) is 1. The Hall–Kier alpha value is -0.500. The molecule has 0 aromatic rings. The Balaban J connectivity index is 2.38. The maximum Gasteiger partial charge on any atom is 0.338 e. The molecular weight excluding hydrogens is 380 g/mol. The Bertz CT molecular complexity index is 509. The number of carbonyl (C=O) groups is 2. The van der Waals surface area contributed by atoms with Crippen LogP contribution < -0.4 is 0 Å². The summed E-state index contributed by atoms with van der Waals surface area (Å²) in [5.74, 6) is -2.90. The topological polar surface area (TPSA) is 71.1 Å². The van der Waals surface area contributed by atoms with Gasteiger partial charge in [-0.25, -0.2) is 4.79 Å². The molecular formula is C17H27BrO6. The van der Waals surface area contributed by atoms with Crippen LogP contribution >= 0.6 is 15.9 Å². The van der Waals surface area contributed by atoms with E-state index in [-0.39, 0.29) is 17.6 Å². The number of hydrogen-bond donors (Lipinski definition) is 0. The maximum atomic E-state index is 12.7. The van der Waals surface area contributed by atoms with E-state index in [1.807, 2.05) is 0 Å². The molecule has 0 bridgehead atoms. The number of alkyl halides is 1. The van der Waals surface area contributed by atoms with Crippen LogP contribution in [0.1, 0.15) is 40.5 Å². The van der Waals surface area contributed by atoms with Gasteiger partial charge in [-0.2, -0.15) is 0 Å². The summed E-state index contributed by atoms with van der Waals surface area (Å²) >= 11 is 3.49. The Morgan fingerprint density at radius 3 is 2.25 bits per heavy atom. The van der Waals surface area contributed by atoms with Crippen molar-refractivity contribution in [3.8, 4) is 0 Å². The van der Waals surface area contributed by atoms with Gasteiger partial charge in [0, 0.05) is 33.5 Å². The summed E-state index contributed by atoms with van der Waals surface area (Å²) < 4.78 is 22.5. The van der Waals surface area contributed by atoms with E-state index >= 15 is 0 Å². The lowest BCUT2D eigenvalue weighted by atomic mass is 9.70. The number of hydrogen-bond acceptors (Lipinski definition) is 6. The Morgan fingerprint density at radius 1 is 1.17 bits per heavy atom. The van der Waals surface area contributed by atoms with Crippen LogP contribution in [0.3, 0.4) is 0 Å². The van der Waals surface area contributed by atoms with Crippen LogP contribution in [-0.4, -0.2) is 48.5 Å². The first-order valence-electron chi connectivity index (χ1n) is 8.28. The number of ketones is 1. The number of ether oxygens (including phenoxy) is 4. The average molecular weight is 407 g/mol. The highest BCUT2D eigenvalue weighted by Gasteiger charge is 2.61. The van der Waals surface area contributed by atoms with Gasteiger partial charge >= 0.3 is 5.97 Å². The van der Waals surface area contributed by atoms with E-state index in [0.717, 1.165) is 6.42 Å². The lowest BCUT2D eigenvalue weighted by Crippen LogP contribution is -2.66. The molecule has 1 heterocycles. The van der Waals surface area contributed by atoms with Crippen molar-refractivity contribution in [2.45, 2.75) is 63.0 Å². The Morgan fingerprint density at radius 2 is 1.75 bits per heavy atom. The highest BCUT2D eigenvalue weighted by atomic mass is 79.9. The standard InChI is InChI=1S/C17H27BrO6/c1-9(2)10-7-8-11(19)13(18)12(10)14-15(20)24-17(4,22-6)16(3,21-5)23-14/h9-10,12-14H,7-8H2,1-6H3/t10-,12-,13-,14+,16-,17-/m1/s1. The van der Waals surface area contributed by atoms with E-state index < -0.39 is 28.5 Å². The molecule has 2 aliphatic rings. The number of cyclic esters (lactones) is 1. The fourth-order valence-corrected chi connectivity index (χ4v) is 4.56. The molecule has 6 atom stereocenters. The molecule has 1 saturated carbocycles. The SMILES string of the molecule is CO[C@]1(C)OC(=O)[C@H]([C@H]2[C@H](Br)C(=O)CC[C@@H]2C(C)C)O[C@@]1(C)OC. The third-order valence-corrected chi connectivity index (χ3v) is 6.67. The summed E-state index contributed by atoms with van der Waals surface area (Å²) in [6.07, 6.45) is 0.356. The first kappa shape index (κ1) is 19.8. The van der Waals surface area contributed by atoms with Crippen molar-refractivity contribution in [2.75, 3.05) is 14.2 Å². The van der Waals surface area contributed by atoms with Crippen LogP contribution in [0.2, 0.25) is 0 Å². The first-order valence-corrected chi connectivity index (χ1v) is 9.19. The summed E-state index contributed by atoms with van der Waals surface area (Å²) in [6.45, 7) is 7.46.